The molecule has 4 heteroatoms. The first kappa shape index (κ1) is 12.1. The Kier molecular flexibility index (Phi) is 3.28. The van der Waals surface area contributed by atoms with Gasteiger partial charge in [0, 0.05) is 5.56 Å². The summed E-state index contributed by atoms with van der Waals surface area (Å²) >= 11 is 0. The zero-order valence-corrected chi connectivity index (χ0v) is 9.91. The highest BCUT2D eigenvalue weighted by Gasteiger charge is 2.11. The van der Waals surface area contributed by atoms with Gasteiger partial charge in [-0.1, -0.05) is 23.8 Å². The fraction of sp³-hybridized carbons (Fsp3) is 0.0714. The standard InChI is InChI=1S/C14H13FN2O/c1-9-4-2-5-10(8-9)14(18)17-13-11(15)6-3-7-12(13)16/h2-8H,16H2,1H3,(H,17,18). The third kappa shape index (κ3) is 2.48. The highest BCUT2D eigenvalue weighted by atomic mass is 19.1. The van der Waals surface area contributed by atoms with Crippen molar-refractivity contribution in [2.75, 3.05) is 11.1 Å². The molecule has 0 radical (unpaired) electrons. The van der Waals surface area contributed by atoms with Gasteiger partial charge in [0.25, 0.3) is 5.91 Å². The summed E-state index contributed by atoms with van der Waals surface area (Å²) in [5.41, 5.74) is 7.28. The number of carbonyl (C=O) groups excluding carboxylic acids is 1. The van der Waals surface area contributed by atoms with Gasteiger partial charge in [-0.3, -0.25) is 4.79 Å². The van der Waals surface area contributed by atoms with Crippen LogP contribution in [0.15, 0.2) is 42.5 Å². The van der Waals surface area contributed by atoms with E-state index in [0.717, 1.165) is 5.56 Å². The average molecular weight is 244 g/mol. The predicted octanol–water partition coefficient (Wildman–Crippen LogP) is 2.97. The van der Waals surface area contributed by atoms with Crippen LogP contribution in [0.2, 0.25) is 0 Å². The smallest absolute Gasteiger partial charge is 0.255 e. The van der Waals surface area contributed by atoms with Crippen molar-refractivity contribution in [3.8, 4) is 0 Å². The third-order valence-corrected chi connectivity index (χ3v) is 2.56. The molecule has 0 atom stereocenters. The van der Waals surface area contributed by atoms with E-state index >= 15 is 0 Å². The SMILES string of the molecule is Cc1cccc(C(=O)Nc2c(N)cccc2F)c1. The van der Waals surface area contributed by atoms with Crippen LogP contribution >= 0.6 is 0 Å². The normalized spacial score (nSPS) is 10.1. The van der Waals surface area contributed by atoms with Gasteiger partial charge >= 0.3 is 0 Å². The molecule has 1 amide bonds. The van der Waals surface area contributed by atoms with Crippen molar-refractivity contribution in [3.05, 3.63) is 59.4 Å². The number of amides is 1. The molecule has 0 fully saturated rings. The van der Waals surface area contributed by atoms with Crippen molar-refractivity contribution in [2.24, 2.45) is 0 Å². The van der Waals surface area contributed by atoms with Gasteiger partial charge in [0.05, 0.1) is 5.69 Å². The minimum Gasteiger partial charge on any atom is -0.397 e. The van der Waals surface area contributed by atoms with Gasteiger partial charge in [-0.25, -0.2) is 4.39 Å². The summed E-state index contributed by atoms with van der Waals surface area (Å²) in [6.07, 6.45) is 0. The van der Waals surface area contributed by atoms with Crippen molar-refractivity contribution in [3.63, 3.8) is 0 Å². The second kappa shape index (κ2) is 4.87. The van der Waals surface area contributed by atoms with Gasteiger partial charge in [-0.05, 0) is 31.2 Å². The molecule has 3 N–H and O–H groups in total. The van der Waals surface area contributed by atoms with Crippen molar-refractivity contribution >= 4 is 17.3 Å². The molecule has 0 aliphatic rings. The Labute approximate surface area is 104 Å². The van der Waals surface area contributed by atoms with Gasteiger partial charge in [-0.15, -0.1) is 0 Å². The lowest BCUT2D eigenvalue weighted by molar-refractivity contribution is 0.102. The number of nitrogens with one attached hydrogen (secondary N) is 1. The largest absolute Gasteiger partial charge is 0.397 e. The maximum atomic E-state index is 13.5. The molecule has 3 nitrogen and oxygen atoms in total. The van der Waals surface area contributed by atoms with Crippen molar-refractivity contribution in [1.29, 1.82) is 0 Å². The van der Waals surface area contributed by atoms with Gasteiger partial charge in [0.1, 0.15) is 11.5 Å². The maximum absolute atomic E-state index is 13.5. The molecule has 0 spiro atoms. The van der Waals surface area contributed by atoms with Crippen molar-refractivity contribution < 1.29 is 9.18 Å². The lowest BCUT2D eigenvalue weighted by Crippen LogP contribution is -2.14. The summed E-state index contributed by atoms with van der Waals surface area (Å²) in [7, 11) is 0. The number of anilines is 2. The number of hydrogen-bond donors (Lipinski definition) is 2. The number of hydrogen-bond acceptors (Lipinski definition) is 2. The van der Waals surface area contributed by atoms with E-state index in [9.17, 15) is 9.18 Å². The van der Waals surface area contributed by atoms with Gasteiger partial charge in [-0.2, -0.15) is 0 Å². The maximum Gasteiger partial charge on any atom is 0.255 e. The van der Waals surface area contributed by atoms with Crippen LogP contribution < -0.4 is 11.1 Å². The molecular weight excluding hydrogens is 231 g/mol. The Morgan fingerprint density at radius 3 is 2.61 bits per heavy atom. The quantitative estimate of drug-likeness (QED) is 0.798. The summed E-state index contributed by atoms with van der Waals surface area (Å²) in [5, 5.41) is 2.48. The fourth-order valence-corrected chi connectivity index (χ4v) is 1.64. The number of aryl methyl sites for hydroxylation is 1. The van der Waals surface area contributed by atoms with E-state index in [2.05, 4.69) is 5.32 Å². The molecule has 0 aliphatic heterocycles. The second-order valence-corrected chi connectivity index (χ2v) is 4.03. The molecule has 92 valence electrons. The molecule has 0 saturated heterocycles. The van der Waals surface area contributed by atoms with E-state index in [1.807, 2.05) is 13.0 Å². The summed E-state index contributed by atoms with van der Waals surface area (Å²) in [4.78, 5) is 11.9. The van der Waals surface area contributed by atoms with Crippen molar-refractivity contribution in [2.45, 2.75) is 6.92 Å². The first-order chi connectivity index (χ1) is 8.58. The van der Waals surface area contributed by atoms with E-state index in [0.29, 0.717) is 5.56 Å². The molecular formula is C14H13FN2O. The second-order valence-electron chi connectivity index (χ2n) is 4.03. The number of para-hydroxylation sites is 1. The number of carbonyl (C=O) groups is 1. The molecule has 2 aromatic carbocycles. The summed E-state index contributed by atoms with van der Waals surface area (Å²) in [5.74, 6) is -0.925. The third-order valence-electron chi connectivity index (χ3n) is 2.56. The highest BCUT2D eigenvalue weighted by molar-refractivity contribution is 6.05. The Balaban J connectivity index is 2.27. The number of halogens is 1. The summed E-state index contributed by atoms with van der Waals surface area (Å²) in [6, 6.07) is 11.3. The molecule has 0 heterocycles. The van der Waals surface area contributed by atoms with E-state index in [4.69, 9.17) is 5.73 Å². The molecule has 2 rings (SSSR count). The van der Waals surface area contributed by atoms with E-state index in [-0.39, 0.29) is 17.3 Å². The zero-order chi connectivity index (χ0) is 13.1. The topological polar surface area (TPSA) is 55.1 Å². The van der Waals surface area contributed by atoms with Crippen LogP contribution in [0.1, 0.15) is 15.9 Å². The zero-order valence-electron chi connectivity index (χ0n) is 9.91. The first-order valence-electron chi connectivity index (χ1n) is 5.50. The number of rotatable bonds is 2. The lowest BCUT2D eigenvalue weighted by atomic mass is 10.1. The Morgan fingerprint density at radius 1 is 1.22 bits per heavy atom. The molecule has 0 aliphatic carbocycles. The molecule has 0 bridgehead atoms. The minimum atomic E-state index is -0.545. The van der Waals surface area contributed by atoms with Crippen LogP contribution in [0, 0.1) is 12.7 Å². The number of nitrogens with two attached hydrogens (primary N) is 1. The Morgan fingerprint density at radius 2 is 1.94 bits per heavy atom. The molecule has 0 aromatic heterocycles. The van der Waals surface area contributed by atoms with Gasteiger partial charge in [0.2, 0.25) is 0 Å². The highest BCUT2D eigenvalue weighted by Crippen LogP contribution is 2.22. The Hall–Kier alpha value is -2.36. The van der Waals surface area contributed by atoms with Crippen LogP contribution in [0.4, 0.5) is 15.8 Å². The monoisotopic (exact) mass is 244 g/mol. The number of nitrogen functional groups attached to an aromatic ring is 1. The van der Waals surface area contributed by atoms with Crippen LogP contribution in [-0.2, 0) is 0 Å². The summed E-state index contributed by atoms with van der Waals surface area (Å²) < 4.78 is 13.5. The average Bonchev–Trinajstić information content (AvgIpc) is 2.34. The van der Waals surface area contributed by atoms with Gasteiger partial charge in [0.15, 0.2) is 0 Å². The van der Waals surface area contributed by atoms with Crippen LogP contribution in [0.5, 0.6) is 0 Å². The number of benzene rings is 2. The van der Waals surface area contributed by atoms with Crippen LogP contribution in [0.25, 0.3) is 0 Å². The fourth-order valence-electron chi connectivity index (χ4n) is 1.64. The van der Waals surface area contributed by atoms with E-state index in [1.165, 1.54) is 18.2 Å². The molecule has 2 aromatic rings. The van der Waals surface area contributed by atoms with Crippen LogP contribution in [0.3, 0.4) is 0 Å². The minimum absolute atomic E-state index is 0.0176. The van der Waals surface area contributed by atoms with E-state index < -0.39 is 5.82 Å². The van der Waals surface area contributed by atoms with E-state index in [1.54, 1.807) is 18.2 Å². The first-order valence-corrected chi connectivity index (χ1v) is 5.50. The Bertz CT molecular complexity index is 576. The lowest BCUT2D eigenvalue weighted by Gasteiger charge is -2.09. The van der Waals surface area contributed by atoms with Gasteiger partial charge < -0.3 is 11.1 Å². The van der Waals surface area contributed by atoms with Crippen molar-refractivity contribution in [1.82, 2.24) is 0 Å². The predicted molar refractivity (Wildman–Crippen MR) is 69.9 cm³/mol. The molecule has 0 unspecified atom stereocenters. The van der Waals surface area contributed by atoms with Crippen LogP contribution in [-0.4, -0.2) is 5.91 Å². The summed E-state index contributed by atoms with van der Waals surface area (Å²) in [6.45, 7) is 1.88. The molecule has 18 heavy (non-hydrogen) atoms. The molecule has 0 saturated carbocycles.